The molecule has 1 heterocycles. The lowest BCUT2D eigenvalue weighted by Gasteiger charge is -2.25. The fourth-order valence-corrected chi connectivity index (χ4v) is 3.28. The summed E-state index contributed by atoms with van der Waals surface area (Å²) in [5.41, 5.74) is 1.71. The number of ether oxygens (including phenoxy) is 1. The molecule has 26 heavy (non-hydrogen) atoms. The third kappa shape index (κ3) is 3.87. The lowest BCUT2D eigenvalue weighted by atomic mass is 10.1. The maximum Gasteiger partial charge on any atom is 0.229 e. The summed E-state index contributed by atoms with van der Waals surface area (Å²) in [6, 6.07) is 17.2. The first-order valence-corrected chi connectivity index (χ1v) is 8.97. The standard InChI is InChI=1S/C21H24N2O3/c1-3-26-19-12-8-7-11-18(19)22-21(25)17-13-20(24)23(14-17)15(2)16-9-5-4-6-10-16/h4-12,15,17H,3,13-14H2,1-2H3,(H,22,25)/t15-,17+/m0/s1. The van der Waals surface area contributed by atoms with Crippen LogP contribution in [0.5, 0.6) is 5.75 Å². The number of hydrogen-bond donors (Lipinski definition) is 1. The van der Waals surface area contributed by atoms with Gasteiger partial charge in [0.1, 0.15) is 5.75 Å². The molecule has 0 radical (unpaired) electrons. The fourth-order valence-electron chi connectivity index (χ4n) is 3.28. The number of hydrogen-bond acceptors (Lipinski definition) is 3. The lowest BCUT2D eigenvalue weighted by molar-refractivity contribution is -0.129. The summed E-state index contributed by atoms with van der Waals surface area (Å²) < 4.78 is 5.55. The molecular formula is C21H24N2O3. The van der Waals surface area contributed by atoms with Crippen molar-refractivity contribution in [3.8, 4) is 5.75 Å². The number of nitrogens with one attached hydrogen (secondary N) is 1. The van der Waals surface area contributed by atoms with Gasteiger partial charge in [-0.3, -0.25) is 9.59 Å². The number of benzene rings is 2. The van der Waals surface area contributed by atoms with Gasteiger partial charge < -0.3 is 15.0 Å². The number of para-hydroxylation sites is 2. The average molecular weight is 352 g/mol. The number of carbonyl (C=O) groups is 2. The first kappa shape index (κ1) is 18.0. The predicted molar refractivity (Wildman–Crippen MR) is 101 cm³/mol. The van der Waals surface area contributed by atoms with E-state index in [4.69, 9.17) is 4.74 Å². The number of carbonyl (C=O) groups excluding carboxylic acids is 2. The second-order valence-electron chi connectivity index (χ2n) is 6.45. The van der Waals surface area contributed by atoms with E-state index in [-0.39, 0.29) is 30.2 Å². The summed E-state index contributed by atoms with van der Waals surface area (Å²) in [4.78, 5) is 26.9. The molecule has 2 amide bonds. The van der Waals surface area contributed by atoms with Gasteiger partial charge >= 0.3 is 0 Å². The van der Waals surface area contributed by atoms with Crippen LogP contribution in [-0.2, 0) is 9.59 Å². The van der Waals surface area contributed by atoms with Crippen LogP contribution in [0.25, 0.3) is 0 Å². The van der Waals surface area contributed by atoms with Crippen LogP contribution in [0.4, 0.5) is 5.69 Å². The zero-order chi connectivity index (χ0) is 18.5. The Morgan fingerprint density at radius 2 is 1.88 bits per heavy atom. The van der Waals surface area contributed by atoms with Crippen LogP contribution < -0.4 is 10.1 Å². The van der Waals surface area contributed by atoms with Gasteiger partial charge in [-0.2, -0.15) is 0 Å². The first-order valence-electron chi connectivity index (χ1n) is 8.97. The predicted octanol–water partition coefficient (Wildman–Crippen LogP) is 3.63. The zero-order valence-electron chi connectivity index (χ0n) is 15.1. The molecule has 1 aliphatic heterocycles. The van der Waals surface area contributed by atoms with E-state index in [1.54, 1.807) is 4.90 Å². The Morgan fingerprint density at radius 1 is 1.19 bits per heavy atom. The highest BCUT2D eigenvalue weighted by molar-refractivity contribution is 5.98. The van der Waals surface area contributed by atoms with E-state index in [9.17, 15) is 9.59 Å². The van der Waals surface area contributed by atoms with E-state index in [1.807, 2.05) is 68.4 Å². The molecule has 136 valence electrons. The van der Waals surface area contributed by atoms with Gasteiger partial charge in [-0.15, -0.1) is 0 Å². The van der Waals surface area contributed by atoms with Crippen LogP contribution in [0.1, 0.15) is 31.9 Å². The molecule has 0 aromatic heterocycles. The molecule has 1 saturated heterocycles. The van der Waals surface area contributed by atoms with Gasteiger partial charge in [0, 0.05) is 13.0 Å². The second-order valence-corrected chi connectivity index (χ2v) is 6.45. The van der Waals surface area contributed by atoms with E-state index in [2.05, 4.69) is 5.32 Å². The first-order chi connectivity index (χ1) is 12.6. The Morgan fingerprint density at radius 3 is 2.62 bits per heavy atom. The molecule has 5 nitrogen and oxygen atoms in total. The molecule has 0 saturated carbocycles. The van der Waals surface area contributed by atoms with Crippen LogP contribution in [-0.4, -0.2) is 29.9 Å². The maximum atomic E-state index is 12.7. The summed E-state index contributed by atoms with van der Waals surface area (Å²) in [5.74, 6) is 0.151. The highest BCUT2D eigenvalue weighted by Gasteiger charge is 2.37. The van der Waals surface area contributed by atoms with Gasteiger partial charge in [0.25, 0.3) is 0 Å². The van der Waals surface area contributed by atoms with Crippen LogP contribution in [0.15, 0.2) is 54.6 Å². The molecule has 2 aromatic rings. The smallest absolute Gasteiger partial charge is 0.229 e. The highest BCUT2D eigenvalue weighted by atomic mass is 16.5. The van der Waals surface area contributed by atoms with Gasteiger partial charge in [0.2, 0.25) is 11.8 Å². The van der Waals surface area contributed by atoms with Crippen molar-refractivity contribution in [3.63, 3.8) is 0 Å². The molecule has 0 aliphatic carbocycles. The molecule has 0 bridgehead atoms. The molecule has 1 fully saturated rings. The topological polar surface area (TPSA) is 58.6 Å². The molecule has 0 unspecified atom stereocenters. The molecule has 1 N–H and O–H groups in total. The summed E-state index contributed by atoms with van der Waals surface area (Å²) in [6.45, 7) is 4.85. The molecular weight excluding hydrogens is 328 g/mol. The quantitative estimate of drug-likeness (QED) is 0.864. The van der Waals surface area contributed by atoms with Crippen molar-refractivity contribution < 1.29 is 14.3 Å². The van der Waals surface area contributed by atoms with Crippen molar-refractivity contribution in [2.24, 2.45) is 5.92 Å². The van der Waals surface area contributed by atoms with Gasteiger partial charge in [0.15, 0.2) is 0 Å². The molecule has 5 heteroatoms. The molecule has 0 spiro atoms. The SMILES string of the molecule is CCOc1ccccc1NC(=O)[C@@H]1CC(=O)N([C@@H](C)c2ccccc2)C1. The third-order valence-corrected chi connectivity index (χ3v) is 4.72. The van der Waals surface area contributed by atoms with Crippen molar-refractivity contribution in [1.82, 2.24) is 4.90 Å². The Labute approximate surface area is 154 Å². The number of anilines is 1. The lowest BCUT2D eigenvalue weighted by Crippen LogP contribution is -2.30. The van der Waals surface area contributed by atoms with E-state index >= 15 is 0 Å². The Hall–Kier alpha value is -2.82. The monoisotopic (exact) mass is 352 g/mol. The van der Waals surface area contributed by atoms with E-state index in [1.165, 1.54) is 0 Å². The van der Waals surface area contributed by atoms with Gasteiger partial charge in [-0.1, -0.05) is 42.5 Å². The Bertz CT molecular complexity index is 776. The van der Waals surface area contributed by atoms with Crippen molar-refractivity contribution in [2.75, 3.05) is 18.5 Å². The van der Waals surface area contributed by atoms with E-state index in [0.717, 1.165) is 5.56 Å². The van der Waals surface area contributed by atoms with Crippen LogP contribution in [0.2, 0.25) is 0 Å². The minimum Gasteiger partial charge on any atom is -0.492 e. The third-order valence-electron chi connectivity index (χ3n) is 4.72. The fraction of sp³-hybridized carbons (Fsp3) is 0.333. The summed E-state index contributed by atoms with van der Waals surface area (Å²) in [6.07, 6.45) is 0.236. The molecule has 2 atom stereocenters. The summed E-state index contributed by atoms with van der Waals surface area (Å²) >= 11 is 0. The Balaban J connectivity index is 1.68. The van der Waals surface area contributed by atoms with Crippen molar-refractivity contribution in [2.45, 2.75) is 26.3 Å². The van der Waals surface area contributed by atoms with E-state index < -0.39 is 0 Å². The average Bonchev–Trinajstić information content (AvgIpc) is 3.05. The van der Waals surface area contributed by atoms with Gasteiger partial charge in [-0.05, 0) is 31.5 Å². The zero-order valence-corrected chi connectivity index (χ0v) is 15.1. The van der Waals surface area contributed by atoms with Gasteiger partial charge in [-0.25, -0.2) is 0 Å². The van der Waals surface area contributed by atoms with Gasteiger partial charge in [0.05, 0.1) is 24.3 Å². The van der Waals surface area contributed by atoms with Crippen molar-refractivity contribution in [3.05, 3.63) is 60.2 Å². The van der Waals surface area contributed by atoms with Crippen LogP contribution >= 0.6 is 0 Å². The number of rotatable bonds is 6. The minimum absolute atomic E-state index is 0.0135. The van der Waals surface area contributed by atoms with Crippen LogP contribution in [0, 0.1) is 5.92 Å². The molecule has 1 aliphatic rings. The number of likely N-dealkylation sites (tertiary alicyclic amines) is 1. The van der Waals surface area contributed by atoms with Crippen molar-refractivity contribution in [1.29, 1.82) is 0 Å². The number of nitrogens with zero attached hydrogens (tertiary/aromatic N) is 1. The molecule has 2 aromatic carbocycles. The van der Waals surface area contributed by atoms with Crippen molar-refractivity contribution >= 4 is 17.5 Å². The van der Waals surface area contributed by atoms with E-state index in [0.29, 0.717) is 24.6 Å². The largest absolute Gasteiger partial charge is 0.492 e. The molecule has 3 rings (SSSR count). The summed E-state index contributed by atoms with van der Waals surface area (Å²) in [5, 5.41) is 2.91. The van der Waals surface area contributed by atoms with Crippen LogP contribution in [0.3, 0.4) is 0 Å². The normalized spacial score (nSPS) is 17.8. The maximum absolute atomic E-state index is 12.7. The summed E-state index contributed by atoms with van der Waals surface area (Å²) in [7, 11) is 0. The Kier molecular flexibility index (Phi) is 5.56. The highest BCUT2D eigenvalue weighted by Crippen LogP contribution is 2.30. The minimum atomic E-state index is -0.358. The number of amides is 2. The second kappa shape index (κ2) is 8.04.